The van der Waals surface area contributed by atoms with Crippen LogP contribution < -0.4 is 10.1 Å². The number of ether oxygens (including phenoxy) is 2. The summed E-state index contributed by atoms with van der Waals surface area (Å²) in [5.41, 5.74) is -0.108. The van der Waals surface area contributed by atoms with Crippen LogP contribution in [0.1, 0.15) is 25.8 Å². The Kier molecular flexibility index (Phi) is 6.08. The van der Waals surface area contributed by atoms with Crippen molar-refractivity contribution in [1.29, 1.82) is 0 Å². The third-order valence-electron chi connectivity index (χ3n) is 3.23. The Labute approximate surface area is 120 Å². The number of hydrogen-bond donors (Lipinski definition) is 1. The molecule has 0 radical (unpaired) electrons. The number of methoxy groups -OCH3 is 1. The van der Waals surface area contributed by atoms with Gasteiger partial charge in [0.15, 0.2) is 0 Å². The summed E-state index contributed by atoms with van der Waals surface area (Å²) in [6.07, 6.45) is 5.85. The van der Waals surface area contributed by atoms with Crippen molar-refractivity contribution in [3.8, 4) is 18.1 Å². The summed E-state index contributed by atoms with van der Waals surface area (Å²) in [5.74, 6) is 2.92. The third kappa shape index (κ3) is 3.31. The number of terminal acetylenes is 1. The Morgan fingerprint density at radius 1 is 1.35 bits per heavy atom. The van der Waals surface area contributed by atoms with Crippen molar-refractivity contribution >= 4 is 5.97 Å². The van der Waals surface area contributed by atoms with Gasteiger partial charge in [-0.1, -0.05) is 25.0 Å². The lowest BCUT2D eigenvalue weighted by atomic mass is 9.87. The smallest absolute Gasteiger partial charge is 0.331 e. The number of carbonyl (C=O) groups is 1. The van der Waals surface area contributed by atoms with Gasteiger partial charge in [0.2, 0.25) is 0 Å². The Hall–Kier alpha value is -1.99. The van der Waals surface area contributed by atoms with Crippen LogP contribution in [0.5, 0.6) is 5.75 Å². The van der Waals surface area contributed by atoms with Crippen molar-refractivity contribution in [2.75, 3.05) is 20.3 Å². The van der Waals surface area contributed by atoms with Crippen LogP contribution in [-0.2, 0) is 15.1 Å². The molecular formula is C16H21NO3. The molecule has 1 N–H and O–H groups in total. The van der Waals surface area contributed by atoms with Gasteiger partial charge in [0.25, 0.3) is 0 Å². The summed E-state index contributed by atoms with van der Waals surface area (Å²) in [7, 11) is 1.60. The van der Waals surface area contributed by atoms with Gasteiger partial charge in [-0.3, -0.25) is 5.32 Å². The van der Waals surface area contributed by atoms with Crippen molar-refractivity contribution in [2.24, 2.45) is 0 Å². The van der Waals surface area contributed by atoms with E-state index in [2.05, 4.69) is 11.2 Å². The van der Waals surface area contributed by atoms with Crippen molar-refractivity contribution < 1.29 is 14.3 Å². The van der Waals surface area contributed by atoms with Gasteiger partial charge in [-0.25, -0.2) is 4.79 Å². The molecule has 0 saturated heterocycles. The quantitative estimate of drug-likeness (QED) is 0.611. The molecule has 4 heteroatoms. The fourth-order valence-corrected chi connectivity index (χ4v) is 2.10. The maximum Gasteiger partial charge on any atom is 0.331 e. The van der Waals surface area contributed by atoms with Crippen molar-refractivity contribution in [1.82, 2.24) is 5.32 Å². The summed E-state index contributed by atoms with van der Waals surface area (Å²) in [5, 5.41) is 3.12. The molecule has 0 heterocycles. The zero-order chi connectivity index (χ0) is 15.0. The predicted molar refractivity (Wildman–Crippen MR) is 78.4 cm³/mol. The van der Waals surface area contributed by atoms with E-state index in [9.17, 15) is 4.79 Å². The average molecular weight is 275 g/mol. The number of rotatable bonds is 7. The topological polar surface area (TPSA) is 47.6 Å². The Bertz CT molecular complexity index is 475. The number of nitrogens with one attached hydrogen (secondary N) is 1. The monoisotopic (exact) mass is 275 g/mol. The highest BCUT2D eigenvalue weighted by molar-refractivity contribution is 5.82. The molecule has 0 aliphatic rings. The van der Waals surface area contributed by atoms with Gasteiger partial charge in [0, 0.05) is 0 Å². The molecule has 0 aliphatic heterocycles. The van der Waals surface area contributed by atoms with E-state index in [0.29, 0.717) is 19.6 Å². The number of esters is 1. The highest BCUT2D eigenvalue weighted by atomic mass is 16.5. The molecule has 1 unspecified atom stereocenters. The lowest BCUT2D eigenvalue weighted by molar-refractivity contribution is -0.152. The second-order valence-corrected chi connectivity index (χ2v) is 4.27. The number of hydrogen-bond acceptors (Lipinski definition) is 4. The van der Waals surface area contributed by atoms with Crippen molar-refractivity contribution in [3.63, 3.8) is 0 Å². The minimum Gasteiger partial charge on any atom is -0.497 e. The molecule has 0 aliphatic carbocycles. The van der Waals surface area contributed by atoms with E-state index >= 15 is 0 Å². The molecule has 0 bridgehead atoms. The van der Waals surface area contributed by atoms with Gasteiger partial charge in [0.1, 0.15) is 11.3 Å². The minimum atomic E-state index is -0.922. The zero-order valence-electron chi connectivity index (χ0n) is 12.2. The molecule has 1 aromatic rings. The summed E-state index contributed by atoms with van der Waals surface area (Å²) >= 11 is 0. The number of benzene rings is 1. The average Bonchev–Trinajstić information content (AvgIpc) is 2.49. The highest BCUT2D eigenvalue weighted by Gasteiger charge is 2.39. The molecule has 0 fully saturated rings. The first kappa shape index (κ1) is 16.1. The van der Waals surface area contributed by atoms with E-state index in [4.69, 9.17) is 15.9 Å². The van der Waals surface area contributed by atoms with Gasteiger partial charge >= 0.3 is 5.97 Å². The van der Waals surface area contributed by atoms with Crippen LogP contribution in [0, 0.1) is 12.3 Å². The maximum atomic E-state index is 12.4. The predicted octanol–water partition coefficient (Wildman–Crippen LogP) is 2.09. The minimum absolute atomic E-state index is 0.290. The van der Waals surface area contributed by atoms with Gasteiger partial charge in [-0.05, 0) is 31.0 Å². The van der Waals surface area contributed by atoms with Crippen LogP contribution in [0.3, 0.4) is 0 Å². The summed E-state index contributed by atoms with van der Waals surface area (Å²) in [4.78, 5) is 12.4. The van der Waals surface area contributed by atoms with E-state index in [1.807, 2.05) is 31.2 Å². The SMILES string of the molecule is C#CCNC(CC)(C(=O)OCC)c1ccc(OC)cc1. The highest BCUT2D eigenvalue weighted by Crippen LogP contribution is 2.28. The second-order valence-electron chi connectivity index (χ2n) is 4.27. The fraction of sp³-hybridized carbons (Fsp3) is 0.438. The molecule has 1 aromatic carbocycles. The largest absolute Gasteiger partial charge is 0.497 e. The summed E-state index contributed by atoms with van der Waals surface area (Å²) < 4.78 is 10.3. The Balaban J connectivity index is 3.18. The molecule has 1 rings (SSSR count). The maximum absolute atomic E-state index is 12.4. The Morgan fingerprint density at radius 2 is 2.00 bits per heavy atom. The molecule has 4 nitrogen and oxygen atoms in total. The van der Waals surface area contributed by atoms with E-state index in [1.165, 1.54) is 0 Å². The van der Waals surface area contributed by atoms with Gasteiger partial charge in [-0.2, -0.15) is 0 Å². The molecule has 0 spiro atoms. The first-order valence-corrected chi connectivity index (χ1v) is 6.64. The third-order valence-corrected chi connectivity index (χ3v) is 3.23. The van der Waals surface area contributed by atoms with Gasteiger partial charge in [0.05, 0.1) is 20.3 Å². The van der Waals surface area contributed by atoms with Crippen LogP contribution in [0.25, 0.3) is 0 Å². The second kappa shape index (κ2) is 7.56. The summed E-state index contributed by atoms with van der Waals surface area (Å²) in [6.45, 7) is 4.32. The van der Waals surface area contributed by atoms with E-state index in [-0.39, 0.29) is 5.97 Å². The first-order valence-electron chi connectivity index (χ1n) is 6.64. The summed E-state index contributed by atoms with van der Waals surface area (Å²) in [6, 6.07) is 7.33. The van der Waals surface area contributed by atoms with E-state index in [0.717, 1.165) is 11.3 Å². The molecule has 108 valence electrons. The number of carbonyl (C=O) groups excluding carboxylic acids is 1. The standard InChI is InChI=1S/C16H21NO3/c1-5-12-17-16(6-2,15(18)20-7-3)13-8-10-14(19-4)11-9-13/h1,8-11,17H,6-7,12H2,2-4H3. The van der Waals surface area contributed by atoms with Gasteiger partial charge < -0.3 is 9.47 Å². The van der Waals surface area contributed by atoms with Crippen LogP contribution in [0.15, 0.2) is 24.3 Å². The van der Waals surface area contributed by atoms with E-state index in [1.54, 1.807) is 14.0 Å². The van der Waals surface area contributed by atoms with Gasteiger partial charge in [-0.15, -0.1) is 6.42 Å². The molecule has 20 heavy (non-hydrogen) atoms. The molecule has 1 atom stereocenters. The molecular weight excluding hydrogens is 254 g/mol. The van der Waals surface area contributed by atoms with Crippen LogP contribution in [0.4, 0.5) is 0 Å². The molecule has 0 amide bonds. The lowest BCUT2D eigenvalue weighted by Gasteiger charge is -2.31. The first-order chi connectivity index (χ1) is 9.64. The van der Waals surface area contributed by atoms with Crippen LogP contribution in [0.2, 0.25) is 0 Å². The van der Waals surface area contributed by atoms with Crippen LogP contribution in [-0.4, -0.2) is 26.2 Å². The normalized spacial score (nSPS) is 13.1. The van der Waals surface area contributed by atoms with Crippen molar-refractivity contribution in [3.05, 3.63) is 29.8 Å². The fourth-order valence-electron chi connectivity index (χ4n) is 2.10. The zero-order valence-corrected chi connectivity index (χ0v) is 12.2. The van der Waals surface area contributed by atoms with Crippen molar-refractivity contribution in [2.45, 2.75) is 25.8 Å². The Morgan fingerprint density at radius 3 is 2.45 bits per heavy atom. The van der Waals surface area contributed by atoms with Crippen LogP contribution >= 0.6 is 0 Å². The van der Waals surface area contributed by atoms with E-state index < -0.39 is 5.54 Å². The lowest BCUT2D eigenvalue weighted by Crippen LogP contribution is -2.50. The molecule has 0 aromatic heterocycles. The molecule has 0 saturated carbocycles.